The zero-order valence-corrected chi connectivity index (χ0v) is 16.6. The standard InChI is InChI=1S/C19H23FN2O3S2/c20-14-7-3-4-8-15(14)22-16-11-27(24,25)12-17(16)26-19(22)21-18(23)10-9-13-5-1-2-6-13/h3-4,7-8,13,16-17H,1-2,5-6,9-12H2. The van der Waals surface area contributed by atoms with E-state index in [1.54, 1.807) is 23.1 Å². The smallest absolute Gasteiger partial charge is 0.248 e. The number of para-hydroxylation sites is 1. The lowest BCUT2D eigenvalue weighted by atomic mass is 10.0. The number of nitrogens with zero attached hydrogens (tertiary/aromatic N) is 2. The number of aliphatic imine (C=N–C) groups is 1. The molecule has 2 heterocycles. The predicted molar refractivity (Wildman–Crippen MR) is 106 cm³/mol. The van der Waals surface area contributed by atoms with Crippen molar-refractivity contribution in [1.29, 1.82) is 0 Å². The SMILES string of the molecule is O=C(CCC1CCCC1)N=C1SC2CS(=O)(=O)CC2N1c1ccccc1F. The first-order chi connectivity index (χ1) is 12.9. The fraction of sp³-hybridized carbons (Fsp3) is 0.579. The van der Waals surface area contributed by atoms with Gasteiger partial charge in [-0.2, -0.15) is 4.99 Å². The zero-order chi connectivity index (χ0) is 19.0. The lowest BCUT2D eigenvalue weighted by molar-refractivity contribution is -0.118. The van der Waals surface area contributed by atoms with Crippen LogP contribution in [0.3, 0.4) is 0 Å². The van der Waals surface area contributed by atoms with E-state index in [0.717, 1.165) is 6.42 Å². The molecule has 5 nitrogen and oxygen atoms in total. The fourth-order valence-corrected chi connectivity index (χ4v) is 8.21. The van der Waals surface area contributed by atoms with Gasteiger partial charge in [0, 0.05) is 11.7 Å². The maximum Gasteiger partial charge on any atom is 0.248 e. The van der Waals surface area contributed by atoms with Crippen molar-refractivity contribution in [3.8, 4) is 0 Å². The Morgan fingerprint density at radius 2 is 1.96 bits per heavy atom. The highest BCUT2D eigenvalue weighted by molar-refractivity contribution is 8.16. The molecule has 3 fully saturated rings. The van der Waals surface area contributed by atoms with Gasteiger partial charge in [0.2, 0.25) is 5.91 Å². The number of carbonyl (C=O) groups excluding carboxylic acids is 1. The van der Waals surface area contributed by atoms with Crippen molar-refractivity contribution in [3.05, 3.63) is 30.1 Å². The normalized spacial score (nSPS) is 28.8. The second kappa shape index (κ2) is 7.54. The number of fused-ring (bicyclic) bond motifs is 1. The molecule has 0 bridgehead atoms. The van der Waals surface area contributed by atoms with E-state index >= 15 is 0 Å². The van der Waals surface area contributed by atoms with Crippen molar-refractivity contribution < 1.29 is 17.6 Å². The van der Waals surface area contributed by atoms with Gasteiger partial charge in [0.05, 0.1) is 23.2 Å². The molecule has 0 radical (unpaired) electrons. The van der Waals surface area contributed by atoms with Crippen molar-refractivity contribution in [2.24, 2.45) is 10.9 Å². The highest BCUT2D eigenvalue weighted by Crippen LogP contribution is 2.41. The quantitative estimate of drug-likeness (QED) is 0.761. The molecule has 1 aromatic carbocycles. The van der Waals surface area contributed by atoms with Crippen LogP contribution >= 0.6 is 11.8 Å². The van der Waals surface area contributed by atoms with Crippen molar-refractivity contribution in [2.45, 2.75) is 49.8 Å². The summed E-state index contributed by atoms with van der Waals surface area (Å²) in [5, 5.41) is 0.220. The van der Waals surface area contributed by atoms with Crippen LogP contribution in [-0.4, -0.2) is 42.3 Å². The first-order valence-corrected chi connectivity index (χ1v) is 12.2. The van der Waals surface area contributed by atoms with Gasteiger partial charge in [-0.3, -0.25) is 4.79 Å². The number of anilines is 1. The summed E-state index contributed by atoms with van der Waals surface area (Å²) in [7, 11) is -3.16. The summed E-state index contributed by atoms with van der Waals surface area (Å²) in [5.41, 5.74) is 0.289. The molecule has 0 aromatic heterocycles. The van der Waals surface area contributed by atoms with Gasteiger partial charge in [-0.25, -0.2) is 12.8 Å². The van der Waals surface area contributed by atoms with E-state index in [1.807, 2.05) is 0 Å². The predicted octanol–water partition coefficient (Wildman–Crippen LogP) is 3.40. The van der Waals surface area contributed by atoms with Crippen molar-refractivity contribution in [3.63, 3.8) is 0 Å². The number of carbonyl (C=O) groups is 1. The van der Waals surface area contributed by atoms with Crippen LogP contribution in [0.15, 0.2) is 29.3 Å². The summed E-state index contributed by atoms with van der Waals surface area (Å²) >= 11 is 1.29. The second-order valence-corrected chi connectivity index (χ2v) is 11.0. The van der Waals surface area contributed by atoms with E-state index in [4.69, 9.17) is 0 Å². The molecule has 0 N–H and O–H groups in total. The molecule has 4 rings (SSSR count). The molecule has 8 heteroatoms. The van der Waals surface area contributed by atoms with E-state index in [9.17, 15) is 17.6 Å². The van der Waals surface area contributed by atoms with Crippen LogP contribution in [0.1, 0.15) is 38.5 Å². The van der Waals surface area contributed by atoms with E-state index in [1.165, 1.54) is 43.5 Å². The molecule has 0 spiro atoms. The van der Waals surface area contributed by atoms with E-state index in [-0.39, 0.29) is 34.4 Å². The minimum Gasteiger partial charge on any atom is -0.313 e. The molecule has 27 heavy (non-hydrogen) atoms. The summed E-state index contributed by atoms with van der Waals surface area (Å²) in [6.07, 6.45) is 6.09. The largest absolute Gasteiger partial charge is 0.313 e. The van der Waals surface area contributed by atoms with Gasteiger partial charge in [0.15, 0.2) is 15.0 Å². The number of amides is 1. The third-order valence-corrected chi connectivity index (χ3v) is 8.85. The van der Waals surface area contributed by atoms with Crippen molar-refractivity contribution >= 4 is 38.4 Å². The third-order valence-electron chi connectivity index (χ3n) is 5.64. The summed E-state index contributed by atoms with van der Waals surface area (Å²) in [6.45, 7) is 0. The Hall–Kier alpha value is -1.41. The summed E-state index contributed by atoms with van der Waals surface area (Å²) in [4.78, 5) is 18.3. The maximum absolute atomic E-state index is 14.4. The van der Waals surface area contributed by atoms with E-state index in [0.29, 0.717) is 17.5 Å². The highest BCUT2D eigenvalue weighted by atomic mass is 32.2. The Morgan fingerprint density at radius 3 is 2.70 bits per heavy atom. The third kappa shape index (κ3) is 4.06. The number of rotatable bonds is 4. The molecule has 2 atom stereocenters. The molecule has 2 saturated heterocycles. The van der Waals surface area contributed by atoms with E-state index < -0.39 is 15.7 Å². The number of thioether (sulfide) groups is 1. The second-order valence-electron chi connectivity index (χ2n) is 7.60. The fourth-order valence-electron chi connectivity index (χ4n) is 4.28. The number of sulfone groups is 1. The molecule has 2 aliphatic heterocycles. The Balaban J connectivity index is 1.57. The molecule has 1 amide bonds. The Labute approximate surface area is 163 Å². The van der Waals surface area contributed by atoms with E-state index in [2.05, 4.69) is 4.99 Å². The van der Waals surface area contributed by atoms with Crippen molar-refractivity contribution in [2.75, 3.05) is 16.4 Å². The molecule has 1 aliphatic carbocycles. The lowest BCUT2D eigenvalue weighted by Gasteiger charge is -2.24. The Morgan fingerprint density at radius 1 is 1.22 bits per heavy atom. The number of hydrogen-bond acceptors (Lipinski definition) is 4. The average molecular weight is 411 g/mol. The molecule has 1 saturated carbocycles. The van der Waals surface area contributed by atoms with Crippen LogP contribution in [0, 0.1) is 11.7 Å². The molecular weight excluding hydrogens is 387 g/mol. The Kier molecular flexibility index (Phi) is 5.29. The van der Waals surface area contributed by atoms with Gasteiger partial charge in [0.25, 0.3) is 0 Å². The number of benzene rings is 1. The van der Waals surface area contributed by atoms with Crippen molar-refractivity contribution in [1.82, 2.24) is 0 Å². The summed E-state index contributed by atoms with van der Waals surface area (Å²) in [5.74, 6) is -0.0167. The molecule has 1 aromatic rings. The van der Waals surface area contributed by atoms with Gasteiger partial charge in [0.1, 0.15) is 5.82 Å². The zero-order valence-electron chi connectivity index (χ0n) is 15.0. The summed E-state index contributed by atoms with van der Waals surface area (Å²) < 4.78 is 38.5. The molecule has 146 valence electrons. The highest BCUT2D eigenvalue weighted by Gasteiger charge is 2.49. The van der Waals surface area contributed by atoms with Gasteiger partial charge >= 0.3 is 0 Å². The monoisotopic (exact) mass is 410 g/mol. The number of amidine groups is 1. The average Bonchev–Trinajstić information content (AvgIpc) is 3.29. The number of hydrogen-bond donors (Lipinski definition) is 0. The van der Waals surface area contributed by atoms with Crippen LogP contribution in [0.2, 0.25) is 0 Å². The van der Waals surface area contributed by atoms with Crippen LogP contribution < -0.4 is 4.90 Å². The van der Waals surface area contributed by atoms with Gasteiger partial charge in [-0.15, -0.1) is 0 Å². The topological polar surface area (TPSA) is 66.8 Å². The Bertz CT molecular complexity index is 865. The number of halogens is 1. The van der Waals surface area contributed by atoms with Crippen LogP contribution in [0.5, 0.6) is 0 Å². The molecule has 2 unspecified atom stereocenters. The van der Waals surface area contributed by atoms with Gasteiger partial charge in [-0.05, 0) is 24.5 Å². The minimum absolute atomic E-state index is 0.0334. The van der Waals surface area contributed by atoms with Crippen LogP contribution in [0.25, 0.3) is 0 Å². The van der Waals surface area contributed by atoms with Gasteiger partial charge < -0.3 is 4.90 Å². The first-order valence-electron chi connectivity index (χ1n) is 9.45. The van der Waals surface area contributed by atoms with Crippen LogP contribution in [0.4, 0.5) is 10.1 Å². The van der Waals surface area contributed by atoms with Crippen LogP contribution in [-0.2, 0) is 14.6 Å². The maximum atomic E-state index is 14.4. The van der Waals surface area contributed by atoms with Gasteiger partial charge in [-0.1, -0.05) is 49.6 Å². The first kappa shape index (κ1) is 18.9. The minimum atomic E-state index is -3.16. The lowest BCUT2D eigenvalue weighted by Crippen LogP contribution is -2.38. The molecular formula is C19H23FN2O3S2. The summed E-state index contributed by atoms with van der Waals surface area (Å²) in [6, 6.07) is 5.88. The molecule has 3 aliphatic rings.